The van der Waals surface area contributed by atoms with Crippen molar-refractivity contribution in [3.63, 3.8) is 0 Å². The monoisotopic (exact) mass is 364 g/mol. The summed E-state index contributed by atoms with van der Waals surface area (Å²) in [5.74, 6) is -0.258. The molecule has 1 amide bonds. The summed E-state index contributed by atoms with van der Waals surface area (Å²) in [4.78, 5) is 25.8. The Labute approximate surface area is 154 Å². The summed E-state index contributed by atoms with van der Waals surface area (Å²) in [6, 6.07) is 7.77. The third kappa shape index (κ3) is 5.62. The van der Waals surface area contributed by atoms with Crippen molar-refractivity contribution in [1.29, 1.82) is 0 Å². The molecule has 0 aliphatic carbocycles. The fourth-order valence-corrected chi connectivity index (χ4v) is 2.91. The minimum atomic E-state index is -1.33. The van der Waals surface area contributed by atoms with Crippen LogP contribution in [0.5, 0.6) is 5.75 Å². The van der Waals surface area contributed by atoms with E-state index in [0.717, 1.165) is 11.3 Å². The number of hydrogen-bond donors (Lipinski definition) is 2. The van der Waals surface area contributed by atoms with E-state index < -0.39 is 23.2 Å². The Balaban J connectivity index is 1.88. The molecule has 7 heteroatoms. The lowest BCUT2D eigenvalue weighted by atomic mass is 9.99. The van der Waals surface area contributed by atoms with Crippen LogP contribution in [-0.2, 0) is 9.53 Å². The number of alkyl carbamates (subject to hydrolysis) is 1. The first-order valence-corrected chi connectivity index (χ1v) is 8.76. The molecule has 1 fully saturated rings. The summed E-state index contributed by atoms with van der Waals surface area (Å²) in [7, 11) is 0. The van der Waals surface area contributed by atoms with Crippen LogP contribution in [0.2, 0.25) is 0 Å². The minimum absolute atomic E-state index is 0.221. The van der Waals surface area contributed by atoms with E-state index in [1.54, 1.807) is 20.8 Å². The van der Waals surface area contributed by atoms with Gasteiger partial charge in [0, 0.05) is 19.6 Å². The van der Waals surface area contributed by atoms with Gasteiger partial charge in [0.25, 0.3) is 0 Å². The maximum atomic E-state index is 12.0. The zero-order valence-electron chi connectivity index (χ0n) is 15.9. The maximum Gasteiger partial charge on any atom is 0.408 e. The van der Waals surface area contributed by atoms with E-state index in [2.05, 4.69) is 5.32 Å². The van der Waals surface area contributed by atoms with Gasteiger partial charge in [0.05, 0.1) is 0 Å². The summed E-state index contributed by atoms with van der Waals surface area (Å²) in [6.07, 6.45) is -0.385. The number of benzene rings is 1. The van der Waals surface area contributed by atoms with Crippen molar-refractivity contribution in [2.24, 2.45) is 0 Å². The van der Waals surface area contributed by atoms with Gasteiger partial charge >= 0.3 is 12.1 Å². The van der Waals surface area contributed by atoms with Gasteiger partial charge in [-0.1, -0.05) is 12.1 Å². The molecule has 0 saturated carbocycles. The molecule has 7 nitrogen and oxygen atoms in total. The fraction of sp³-hybridized carbons (Fsp3) is 0.579. The zero-order chi connectivity index (χ0) is 19.4. The van der Waals surface area contributed by atoms with E-state index in [1.807, 2.05) is 36.1 Å². The summed E-state index contributed by atoms with van der Waals surface area (Å²) in [5, 5.41) is 12.2. The highest BCUT2D eigenvalue weighted by molar-refractivity contribution is 5.85. The number of nitrogens with one attached hydrogen (secondary N) is 1. The zero-order valence-corrected chi connectivity index (χ0v) is 15.9. The van der Waals surface area contributed by atoms with Gasteiger partial charge in [-0.3, -0.25) is 4.90 Å². The van der Waals surface area contributed by atoms with Gasteiger partial charge in [-0.25, -0.2) is 9.59 Å². The molecule has 1 aromatic rings. The summed E-state index contributed by atoms with van der Waals surface area (Å²) in [5.41, 5.74) is -0.884. The van der Waals surface area contributed by atoms with E-state index in [-0.39, 0.29) is 6.54 Å². The van der Waals surface area contributed by atoms with Crippen LogP contribution in [0.1, 0.15) is 32.8 Å². The van der Waals surface area contributed by atoms with Gasteiger partial charge in [-0.05, 0) is 51.8 Å². The number of amides is 1. The summed E-state index contributed by atoms with van der Waals surface area (Å²) in [6.45, 7) is 9.04. The molecule has 1 aromatic carbocycles. The second kappa shape index (κ2) is 7.95. The van der Waals surface area contributed by atoms with Crippen molar-refractivity contribution in [2.75, 3.05) is 26.2 Å². The van der Waals surface area contributed by atoms with Crippen LogP contribution in [0, 0.1) is 6.92 Å². The van der Waals surface area contributed by atoms with Gasteiger partial charge in [-0.15, -0.1) is 0 Å². The van der Waals surface area contributed by atoms with E-state index in [9.17, 15) is 14.7 Å². The van der Waals surface area contributed by atoms with Crippen LogP contribution in [0.25, 0.3) is 0 Å². The topological polar surface area (TPSA) is 88.1 Å². The molecule has 1 aliphatic rings. The number of carboxylic acid groups (broad SMARTS) is 1. The lowest BCUT2D eigenvalue weighted by Crippen LogP contribution is -2.57. The third-order valence-corrected chi connectivity index (χ3v) is 4.16. The average Bonchev–Trinajstić information content (AvgIpc) is 2.90. The number of aliphatic carboxylic acids is 1. The number of rotatable bonds is 6. The molecule has 0 bridgehead atoms. The largest absolute Gasteiger partial charge is 0.492 e. The van der Waals surface area contributed by atoms with Crippen molar-refractivity contribution in [3.05, 3.63) is 29.8 Å². The summed E-state index contributed by atoms with van der Waals surface area (Å²) < 4.78 is 10.9. The van der Waals surface area contributed by atoms with Gasteiger partial charge < -0.3 is 19.9 Å². The van der Waals surface area contributed by atoms with E-state index in [4.69, 9.17) is 9.47 Å². The van der Waals surface area contributed by atoms with Crippen molar-refractivity contribution in [3.8, 4) is 5.75 Å². The molecule has 1 saturated heterocycles. The highest BCUT2D eigenvalue weighted by Gasteiger charge is 2.46. The number of carboxylic acids is 1. The Bertz CT molecular complexity index is 656. The number of ether oxygens (including phenoxy) is 2. The first-order valence-electron chi connectivity index (χ1n) is 8.76. The van der Waals surface area contributed by atoms with Gasteiger partial charge in [-0.2, -0.15) is 0 Å². The lowest BCUT2D eigenvalue weighted by molar-refractivity contribution is -0.144. The Kier molecular flexibility index (Phi) is 6.13. The van der Waals surface area contributed by atoms with Gasteiger partial charge in [0.1, 0.15) is 18.0 Å². The Morgan fingerprint density at radius 2 is 2.08 bits per heavy atom. The highest BCUT2D eigenvalue weighted by atomic mass is 16.6. The van der Waals surface area contributed by atoms with Gasteiger partial charge in [0.15, 0.2) is 5.54 Å². The minimum Gasteiger partial charge on any atom is -0.492 e. The van der Waals surface area contributed by atoms with Crippen LogP contribution in [0.15, 0.2) is 24.3 Å². The number of hydrogen-bond acceptors (Lipinski definition) is 5. The number of aryl methyl sites for hydroxylation is 1. The molecule has 1 aliphatic heterocycles. The normalized spacial score (nSPS) is 20.6. The summed E-state index contributed by atoms with van der Waals surface area (Å²) >= 11 is 0. The third-order valence-electron chi connectivity index (χ3n) is 4.16. The van der Waals surface area contributed by atoms with Crippen LogP contribution >= 0.6 is 0 Å². The first-order chi connectivity index (χ1) is 12.1. The van der Waals surface area contributed by atoms with Crippen LogP contribution in [0.4, 0.5) is 4.79 Å². The molecule has 1 atom stereocenters. The van der Waals surface area contributed by atoms with Crippen molar-refractivity contribution in [1.82, 2.24) is 10.2 Å². The lowest BCUT2D eigenvalue weighted by Gasteiger charge is -2.28. The smallest absolute Gasteiger partial charge is 0.408 e. The molecule has 2 N–H and O–H groups in total. The Morgan fingerprint density at radius 1 is 1.35 bits per heavy atom. The predicted molar refractivity (Wildman–Crippen MR) is 97.5 cm³/mol. The van der Waals surface area contributed by atoms with Crippen molar-refractivity contribution >= 4 is 12.1 Å². The molecule has 1 heterocycles. The number of carbonyl (C=O) groups is 2. The highest BCUT2D eigenvalue weighted by Crippen LogP contribution is 2.23. The predicted octanol–water partition coefficient (Wildman–Crippen LogP) is 2.43. The maximum absolute atomic E-state index is 12.0. The molecule has 0 radical (unpaired) electrons. The van der Waals surface area contributed by atoms with E-state index in [1.165, 1.54) is 0 Å². The Hall–Kier alpha value is -2.28. The average molecular weight is 364 g/mol. The first kappa shape index (κ1) is 20.0. The molecule has 26 heavy (non-hydrogen) atoms. The number of carbonyl (C=O) groups excluding carboxylic acids is 1. The molecule has 2 rings (SSSR count). The second-order valence-electron chi connectivity index (χ2n) is 7.71. The molecule has 0 aromatic heterocycles. The molecule has 144 valence electrons. The van der Waals surface area contributed by atoms with E-state index >= 15 is 0 Å². The number of nitrogens with zero attached hydrogens (tertiary/aromatic N) is 1. The van der Waals surface area contributed by atoms with Gasteiger partial charge in [0.2, 0.25) is 0 Å². The van der Waals surface area contributed by atoms with Crippen molar-refractivity contribution in [2.45, 2.75) is 45.3 Å². The second-order valence-corrected chi connectivity index (χ2v) is 7.71. The van der Waals surface area contributed by atoms with E-state index in [0.29, 0.717) is 26.1 Å². The SMILES string of the molecule is Cc1cccc(OCCN2CCC(NC(=O)OC(C)(C)C)(C(=O)O)C2)c1. The quantitative estimate of drug-likeness (QED) is 0.806. The standard InChI is InChI=1S/C19H28N2O5/c1-14-6-5-7-15(12-14)25-11-10-21-9-8-19(13-21,16(22)23)20-17(24)26-18(2,3)4/h5-7,12H,8-11,13H2,1-4H3,(H,20,24)(H,22,23). The molecule has 1 unspecified atom stereocenters. The van der Waals surface area contributed by atoms with Crippen LogP contribution in [0.3, 0.4) is 0 Å². The fourth-order valence-electron chi connectivity index (χ4n) is 2.91. The Morgan fingerprint density at radius 3 is 2.69 bits per heavy atom. The number of likely N-dealkylation sites (tertiary alicyclic amines) is 1. The van der Waals surface area contributed by atoms with Crippen LogP contribution in [-0.4, -0.2) is 59.5 Å². The van der Waals surface area contributed by atoms with Crippen LogP contribution < -0.4 is 10.1 Å². The molecular weight excluding hydrogens is 336 g/mol. The van der Waals surface area contributed by atoms with Crippen molar-refractivity contribution < 1.29 is 24.2 Å². The molecular formula is C19H28N2O5. The molecule has 0 spiro atoms.